The maximum atomic E-state index is 12.0. The lowest BCUT2D eigenvalue weighted by molar-refractivity contribution is 0.107. The van der Waals surface area contributed by atoms with E-state index in [4.69, 9.17) is 9.26 Å². The summed E-state index contributed by atoms with van der Waals surface area (Å²) in [5, 5.41) is 3.68. The Kier molecular flexibility index (Phi) is 5.11. The molecule has 0 saturated carbocycles. The van der Waals surface area contributed by atoms with Gasteiger partial charge in [-0.3, -0.25) is 0 Å². The van der Waals surface area contributed by atoms with Crippen molar-refractivity contribution in [1.82, 2.24) is 9.88 Å². The Labute approximate surface area is 124 Å². The Morgan fingerprint density at radius 2 is 2.05 bits per heavy atom. The molecule has 6 nitrogen and oxygen atoms in total. The van der Waals surface area contributed by atoms with Crippen LogP contribution in [0, 0.1) is 6.92 Å². The molecule has 2 aromatic rings. The molecule has 114 valence electrons. The maximum absolute atomic E-state index is 12.0. The van der Waals surface area contributed by atoms with E-state index in [0.717, 1.165) is 5.56 Å². The summed E-state index contributed by atoms with van der Waals surface area (Å²) < 4.78 is 36.7. The Hall–Kier alpha value is -1.70. The Morgan fingerprint density at radius 3 is 2.62 bits per heavy atom. The molecule has 0 amide bonds. The SMILES string of the molecule is CO[C@@H](CNS(=O)(=O)Cc1cc(C)on1)c1ccccc1. The summed E-state index contributed by atoms with van der Waals surface area (Å²) in [6.45, 7) is 1.88. The first-order valence-electron chi connectivity index (χ1n) is 6.47. The van der Waals surface area contributed by atoms with E-state index in [-0.39, 0.29) is 18.4 Å². The minimum absolute atomic E-state index is 0.166. The van der Waals surface area contributed by atoms with Crippen LogP contribution in [-0.2, 0) is 20.5 Å². The lowest BCUT2D eigenvalue weighted by Gasteiger charge is -2.16. The number of benzene rings is 1. The molecule has 1 atom stereocenters. The van der Waals surface area contributed by atoms with E-state index >= 15 is 0 Å². The Morgan fingerprint density at radius 1 is 1.33 bits per heavy atom. The molecule has 7 heteroatoms. The minimum atomic E-state index is -3.49. The Balaban J connectivity index is 1.97. The third-order valence-electron chi connectivity index (χ3n) is 2.96. The number of hydrogen-bond donors (Lipinski definition) is 1. The van der Waals surface area contributed by atoms with Crippen molar-refractivity contribution in [2.24, 2.45) is 0 Å². The number of ether oxygens (including phenoxy) is 1. The third-order valence-corrected chi connectivity index (χ3v) is 4.24. The Bertz CT molecular complexity index is 667. The summed E-state index contributed by atoms with van der Waals surface area (Å²) in [7, 11) is -1.94. The normalized spacial score (nSPS) is 13.2. The molecule has 0 unspecified atom stereocenters. The van der Waals surface area contributed by atoms with E-state index in [9.17, 15) is 8.42 Å². The minimum Gasteiger partial charge on any atom is -0.375 e. The first-order valence-corrected chi connectivity index (χ1v) is 8.12. The molecule has 0 spiro atoms. The lowest BCUT2D eigenvalue weighted by atomic mass is 10.1. The van der Waals surface area contributed by atoms with Crippen molar-refractivity contribution in [2.75, 3.05) is 13.7 Å². The van der Waals surface area contributed by atoms with Crippen molar-refractivity contribution in [3.8, 4) is 0 Å². The highest BCUT2D eigenvalue weighted by atomic mass is 32.2. The molecule has 0 fully saturated rings. The van der Waals surface area contributed by atoms with Crippen LogP contribution in [-0.4, -0.2) is 27.2 Å². The van der Waals surface area contributed by atoms with E-state index < -0.39 is 10.0 Å². The molecule has 0 aliphatic carbocycles. The van der Waals surface area contributed by atoms with E-state index in [1.807, 2.05) is 30.3 Å². The number of sulfonamides is 1. The van der Waals surface area contributed by atoms with Gasteiger partial charge >= 0.3 is 0 Å². The van der Waals surface area contributed by atoms with Crippen LogP contribution in [0.5, 0.6) is 0 Å². The van der Waals surface area contributed by atoms with Crippen LogP contribution in [0.1, 0.15) is 23.1 Å². The fourth-order valence-corrected chi connectivity index (χ4v) is 2.97. The number of aromatic nitrogens is 1. The smallest absolute Gasteiger partial charge is 0.217 e. The fraction of sp³-hybridized carbons (Fsp3) is 0.357. The number of nitrogens with one attached hydrogen (secondary N) is 1. The van der Waals surface area contributed by atoms with Crippen LogP contribution in [0.2, 0.25) is 0 Å². The summed E-state index contributed by atoms with van der Waals surface area (Å²) in [6, 6.07) is 11.0. The average Bonchev–Trinajstić information content (AvgIpc) is 2.85. The summed E-state index contributed by atoms with van der Waals surface area (Å²) >= 11 is 0. The molecule has 0 aliphatic rings. The molecule has 1 aromatic heterocycles. The van der Waals surface area contributed by atoms with Gasteiger partial charge in [0.05, 0.1) is 6.10 Å². The van der Waals surface area contributed by atoms with Gasteiger partial charge in [-0.05, 0) is 12.5 Å². The molecular weight excluding hydrogens is 292 g/mol. The monoisotopic (exact) mass is 310 g/mol. The molecule has 0 bridgehead atoms. The van der Waals surface area contributed by atoms with Gasteiger partial charge in [0.2, 0.25) is 10.0 Å². The topological polar surface area (TPSA) is 81.4 Å². The highest BCUT2D eigenvalue weighted by Gasteiger charge is 2.18. The van der Waals surface area contributed by atoms with E-state index in [1.165, 1.54) is 0 Å². The highest BCUT2D eigenvalue weighted by Crippen LogP contribution is 2.15. The summed E-state index contributed by atoms with van der Waals surface area (Å²) in [5.74, 6) is 0.370. The number of methoxy groups -OCH3 is 1. The van der Waals surface area contributed by atoms with Crippen LogP contribution < -0.4 is 4.72 Å². The second-order valence-electron chi connectivity index (χ2n) is 4.67. The number of rotatable bonds is 7. The quantitative estimate of drug-likeness (QED) is 0.843. The first-order chi connectivity index (χ1) is 10.00. The summed E-state index contributed by atoms with van der Waals surface area (Å²) in [4.78, 5) is 0. The summed E-state index contributed by atoms with van der Waals surface area (Å²) in [5.41, 5.74) is 1.30. The molecule has 0 radical (unpaired) electrons. The van der Waals surface area contributed by atoms with Gasteiger partial charge in [0, 0.05) is 19.7 Å². The van der Waals surface area contributed by atoms with E-state index in [0.29, 0.717) is 11.5 Å². The average molecular weight is 310 g/mol. The number of nitrogens with zero attached hydrogens (tertiary/aromatic N) is 1. The molecule has 21 heavy (non-hydrogen) atoms. The predicted molar refractivity (Wildman–Crippen MR) is 78.1 cm³/mol. The van der Waals surface area contributed by atoms with Gasteiger partial charge < -0.3 is 9.26 Å². The summed E-state index contributed by atoms with van der Waals surface area (Å²) in [6.07, 6.45) is -0.333. The predicted octanol–water partition coefficient (Wildman–Crippen LogP) is 1.79. The van der Waals surface area contributed by atoms with Crippen LogP contribution in [0.15, 0.2) is 40.9 Å². The maximum Gasteiger partial charge on any atom is 0.217 e. The molecule has 0 aliphatic heterocycles. The molecule has 1 heterocycles. The van der Waals surface area contributed by atoms with Gasteiger partial charge in [0.1, 0.15) is 17.2 Å². The van der Waals surface area contributed by atoms with Gasteiger partial charge in [-0.15, -0.1) is 0 Å². The van der Waals surface area contributed by atoms with Crippen molar-refractivity contribution in [3.63, 3.8) is 0 Å². The van der Waals surface area contributed by atoms with Crippen molar-refractivity contribution >= 4 is 10.0 Å². The van der Waals surface area contributed by atoms with Crippen molar-refractivity contribution in [2.45, 2.75) is 18.8 Å². The fourth-order valence-electron chi connectivity index (χ4n) is 1.94. The van der Waals surface area contributed by atoms with Crippen LogP contribution >= 0.6 is 0 Å². The zero-order valence-electron chi connectivity index (χ0n) is 11.9. The molecule has 2 rings (SSSR count). The number of aryl methyl sites for hydroxylation is 1. The van der Waals surface area contributed by atoms with Gasteiger partial charge in [-0.1, -0.05) is 35.5 Å². The van der Waals surface area contributed by atoms with Gasteiger partial charge in [-0.2, -0.15) is 0 Å². The lowest BCUT2D eigenvalue weighted by Crippen LogP contribution is -2.30. The van der Waals surface area contributed by atoms with Crippen molar-refractivity contribution < 1.29 is 17.7 Å². The van der Waals surface area contributed by atoms with Gasteiger partial charge in [-0.25, -0.2) is 13.1 Å². The zero-order chi connectivity index (χ0) is 15.3. The van der Waals surface area contributed by atoms with Crippen molar-refractivity contribution in [3.05, 3.63) is 53.4 Å². The van der Waals surface area contributed by atoms with E-state index in [2.05, 4.69) is 9.88 Å². The van der Waals surface area contributed by atoms with E-state index in [1.54, 1.807) is 20.1 Å². The third kappa shape index (κ3) is 4.66. The highest BCUT2D eigenvalue weighted by molar-refractivity contribution is 7.88. The van der Waals surface area contributed by atoms with Crippen LogP contribution in [0.3, 0.4) is 0 Å². The standard InChI is InChI=1S/C14H18N2O4S/c1-11-8-13(16-20-11)10-21(17,18)15-9-14(19-2)12-6-4-3-5-7-12/h3-8,14-15H,9-10H2,1-2H3/t14-/m0/s1. The molecular formula is C14H18N2O4S. The number of hydrogen-bond acceptors (Lipinski definition) is 5. The van der Waals surface area contributed by atoms with Crippen LogP contribution in [0.25, 0.3) is 0 Å². The van der Waals surface area contributed by atoms with Gasteiger partial charge in [0.25, 0.3) is 0 Å². The molecule has 1 N–H and O–H groups in total. The van der Waals surface area contributed by atoms with Crippen molar-refractivity contribution in [1.29, 1.82) is 0 Å². The van der Waals surface area contributed by atoms with Gasteiger partial charge in [0.15, 0.2) is 0 Å². The molecule has 0 saturated heterocycles. The molecule has 1 aromatic carbocycles. The largest absolute Gasteiger partial charge is 0.375 e. The second kappa shape index (κ2) is 6.84. The first kappa shape index (κ1) is 15.7. The zero-order valence-corrected chi connectivity index (χ0v) is 12.8. The second-order valence-corrected chi connectivity index (χ2v) is 6.48. The van der Waals surface area contributed by atoms with Crippen LogP contribution in [0.4, 0.5) is 0 Å².